The lowest BCUT2D eigenvalue weighted by Crippen LogP contribution is -1.91. The summed E-state index contributed by atoms with van der Waals surface area (Å²) in [6.07, 6.45) is 0. The molecule has 2 N–H and O–H groups in total. The van der Waals surface area contributed by atoms with Crippen molar-refractivity contribution < 1.29 is 8.81 Å². The molecule has 0 atom stereocenters. The highest BCUT2D eigenvalue weighted by molar-refractivity contribution is 5.81. The average molecular weight is 242 g/mol. The summed E-state index contributed by atoms with van der Waals surface area (Å²) in [5.41, 5.74) is 9.23. The normalized spacial score (nSPS) is 11.0. The van der Waals surface area contributed by atoms with E-state index in [2.05, 4.69) is 4.98 Å². The van der Waals surface area contributed by atoms with Gasteiger partial charge in [-0.15, -0.1) is 0 Å². The van der Waals surface area contributed by atoms with E-state index in [0.29, 0.717) is 22.7 Å². The number of hydrogen-bond acceptors (Lipinski definition) is 3. The van der Waals surface area contributed by atoms with Gasteiger partial charge >= 0.3 is 0 Å². The number of fused-ring (bicyclic) bond motifs is 1. The molecule has 0 fully saturated rings. The molecule has 2 aromatic carbocycles. The van der Waals surface area contributed by atoms with Crippen LogP contribution in [-0.2, 0) is 0 Å². The monoisotopic (exact) mass is 242 g/mol. The predicted molar refractivity (Wildman–Crippen MR) is 68.6 cm³/mol. The molecular weight excluding hydrogens is 231 g/mol. The minimum atomic E-state index is -0.372. The lowest BCUT2D eigenvalue weighted by Gasteiger charge is -2.00. The SMILES string of the molecule is Cc1cccc2oc(-c3ccc(F)cc3N)nc12. The molecule has 3 aromatic rings. The highest BCUT2D eigenvalue weighted by Gasteiger charge is 2.12. The molecule has 3 nitrogen and oxygen atoms in total. The van der Waals surface area contributed by atoms with Crippen molar-refractivity contribution in [3.63, 3.8) is 0 Å². The van der Waals surface area contributed by atoms with Crippen LogP contribution in [-0.4, -0.2) is 4.98 Å². The summed E-state index contributed by atoms with van der Waals surface area (Å²) >= 11 is 0. The molecule has 0 saturated heterocycles. The second-order valence-corrected chi connectivity index (χ2v) is 4.17. The molecule has 0 radical (unpaired) electrons. The summed E-state index contributed by atoms with van der Waals surface area (Å²) < 4.78 is 18.6. The average Bonchev–Trinajstić information content (AvgIpc) is 2.74. The van der Waals surface area contributed by atoms with Gasteiger partial charge in [0.2, 0.25) is 5.89 Å². The van der Waals surface area contributed by atoms with Crippen LogP contribution >= 0.6 is 0 Å². The Morgan fingerprint density at radius 3 is 2.78 bits per heavy atom. The van der Waals surface area contributed by atoms with Crippen LogP contribution in [0.1, 0.15) is 5.56 Å². The van der Waals surface area contributed by atoms with Gasteiger partial charge in [-0.2, -0.15) is 0 Å². The Hall–Kier alpha value is -2.36. The van der Waals surface area contributed by atoms with Crippen LogP contribution in [0.3, 0.4) is 0 Å². The Balaban J connectivity index is 2.23. The number of halogens is 1. The first-order valence-corrected chi connectivity index (χ1v) is 5.57. The summed E-state index contributed by atoms with van der Waals surface area (Å²) in [6, 6.07) is 9.89. The maximum atomic E-state index is 13.0. The largest absolute Gasteiger partial charge is 0.436 e. The molecule has 1 aromatic heterocycles. The van der Waals surface area contributed by atoms with Crippen molar-refractivity contribution in [1.82, 2.24) is 4.98 Å². The van der Waals surface area contributed by atoms with E-state index in [0.717, 1.165) is 11.1 Å². The molecule has 0 aliphatic carbocycles. The molecule has 0 bridgehead atoms. The molecule has 0 aliphatic rings. The Bertz CT molecular complexity index is 734. The maximum absolute atomic E-state index is 13.0. The molecule has 0 amide bonds. The zero-order valence-electron chi connectivity index (χ0n) is 9.77. The first-order valence-electron chi connectivity index (χ1n) is 5.57. The standard InChI is InChI=1S/C14H11FN2O/c1-8-3-2-4-12-13(8)17-14(18-12)10-6-5-9(15)7-11(10)16/h2-7H,16H2,1H3. The maximum Gasteiger partial charge on any atom is 0.229 e. The number of nitrogen functional groups attached to an aromatic ring is 1. The topological polar surface area (TPSA) is 52.0 Å². The number of benzene rings is 2. The Morgan fingerprint density at radius 1 is 1.22 bits per heavy atom. The zero-order valence-corrected chi connectivity index (χ0v) is 9.77. The number of para-hydroxylation sites is 1. The molecule has 4 heteroatoms. The minimum absolute atomic E-state index is 0.319. The van der Waals surface area contributed by atoms with E-state index in [1.54, 1.807) is 6.07 Å². The number of rotatable bonds is 1. The molecular formula is C14H11FN2O. The minimum Gasteiger partial charge on any atom is -0.436 e. The van der Waals surface area contributed by atoms with Crippen LogP contribution in [0.2, 0.25) is 0 Å². The fraction of sp³-hybridized carbons (Fsp3) is 0.0714. The van der Waals surface area contributed by atoms with E-state index in [1.807, 2.05) is 25.1 Å². The Morgan fingerprint density at radius 2 is 2.06 bits per heavy atom. The fourth-order valence-corrected chi connectivity index (χ4v) is 1.93. The molecule has 1 heterocycles. The van der Waals surface area contributed by atoms with Crippen LogP contribution < -0.4 is 5.73 Å². The quantitative estimate of drug-likeness (QED) is 0.664. The van der Waals surface area contributed by atoms with E-state index < -0.39 is 0 Å². The zero-order chi connectivity index (χ0) is 12.7. The lowest BCUT2D eigenvalue weighted by atomic mass is 10.2. The fourth-order valence-electron chi connectivity index (χ4n) is 1.93. The van der Waals surface area contributed by atoms with Crippen LogP contribution in [0.5, 0.6) is 0 Å². The molecule has 0 saturated carbocycles. The van der Waals surface area contributed by atoms with Gasteiger partial charge in [-0.25, -0.2) is 9.37 Å². The van der Waals surface area contributed by atoms with Crippen molar-refractivity contribution in [2.75, 3.05) is 5.73 Å². The van der Waals surface area contributed by atoms with Crippen molar-refractivity contribution >= 4 is 16.8 Å². The van der Waals surface area contributed by atoms with Crippen LogP contribution in [0.4, 0.5) is 10.1 Å². The summed E-state index contributed by atoms with van der Waals surface area (Å²) in [5.74, 6) is 0.0420. The van der Waals surface area contributed by atoms with Crippen molar-refractivity contribution in [2.24, 2.45) is 0 Å². The third-order valence-corrected chi connectivity index (χ3v) is 2.86. The second-order valence-electron chi connectivity index (χ2n) is 4.17. The van der Waals surface area contributed by atoms with E-state index in [1.165, 1.54) is 12.1 Å². The van der Waals surface area contributed by atoms with Crippen molar-refractivity contribution in [3.05, 3.63) is 47.8 Å². The van der Waals surface area contributed by atoms with Gasteiger partial charge in [0, 0.05) is 5.69 Å². The van der Waals surface area contributed by atoms with Gasteiger partial charge in [-0.1, -0.05) is 12.1 Å². The third-order valence-electron chi connectivity index (χ3n) is 2.86. The summed E-state index contributed by atoms with van der Waals surface area (Å²) in [7, 11) is 0. The van der Waals surface area contributed by atoms with E-state index in [4.69, 9.17) is 10.2 Å². The van der Waals surface area contributed by atoms with E-state index in [9.17, 15) is 4.39 Å². The van der Waals surface area contributed by atoms with Gasteiger partial charge in [0.1, 0.15) is 11.3 Å². The Labute approximate surface area is 103 Å². The number of aromatic nitrogens is 1. The number of nitrogens with zero attached hydrogens (tertiary/aromatic N) is 1. The Kier molecular flexibility index (Phi) is 2.30. The number of aryl methyl sites for hydroxylation is 1. The smallest absolute Gasteiger partial charge is 0.229 e. The number of hydrogen-bond donors (Lipinski definition) is 1. The van der Waals surface area contributed by atoms with Gasteiger partial charge in [0.15, 0.2) is 5.58 Å². The highest BCUT2D eigenvalue weighted by atomic mass is 19.1. The molecule has 3 rings (SSSR count). The molecule has 18 heavy (non-hydrogen) atoms. The van der Waals surface area contributed by atoms with Crippen molar-refractivity contribution in [1.29, 1.82) is 0 Å². The summed E-state index contributed by atoms with van der Waals surface area (Å²) in [4.78, 5) is 4.40. The highest BCUT2D eigenvalue weighted by Crippen LogP contribution is 2.29. The summed E-state index contributed by atoms with van der Waals surface area (Å²) in [5, 5.41) is 0. The van der Waals surface area contributed by atoms with Crippen LogP contribution in [0, 0.1) is 12.7 Å². The molecule has 90 valence electrons. The van der Waals surface area contributed by atoms with Gasteiger partial charge in [-0.05, 0) is 36.8 Å². The predicted octanol–water partition coefficient (Wildman–Crippen LogP) is 3.52. The third kappa shape index (κ3) is 1.62. The molecule has 0 unspecified atom stereocenters. The van der Waals surface area contributed by atoms with Crippen molar-refractivity contribution in [2.45, 2.75) is 6.92 Å². The number of oxazole rings is 1. The molecule has 0 aliphatic heterocycles. The molecule has 0 spiro atoms. The second kappa shape index (κ2) is 3.84. The number of anilines is 1. The van der Waals surface area contributed by atoms with Crippen LogP contribution in [0.25, 0.3) is 22.6 Å². The number of nitrogens with two attached hydrogens (primary N) is 1. The lowest BCUT2D eigenvalue weighted by molar-refractivity contribution is 0.617. The van der Waals surface area contributed by atoms with Gasteiger partial charge < -0.3 is 10.2 Å². The van der Waals surface area contributed by atoms with Gasteiger partial charge in [0.05, 0.1) is 5.56 Å². The van der Waals surface area contributed by atoms with Crippen molar-refractivity contribution in [3.8, 4) is 11.5 Å². The van der Waals surface area contributed by atoms with Gasteiger partial charge in [0.25, 0.3) is 0 Å². The first kappa shape index (κ1) is 10.8. The van der Waals surface area contributed by atoms with E-state index >= 15 is 0 Å². The van der Waals surface area contributed by atoms with Gasteiger partial charge in [-0.3, -0.25) is 0 Å². The van der Waals surface area contributed by atoms with Crippen LogP contribution in [0.15, 0.2) is 40.8 Å². The van der Waals surface area contributed by atoms with E-state index in [-0.39, 0.29) is 5.82 Å². The summed E-state index contributed by atoms with van der Waals surface area (Å²) in [6.45, 7) is 1.96. The first-order chi connectivity index (χ1) is 8.65.